The van der Waals surface area contributed by atoms with Crippen molar-refractivity contribution in [1.29, 1.82) is 0 Å². The Morgan fingerprint density at radius 2 is 1.94 bits per heavy atom. The van der Waals surface area contributed by atoms with Crippen molar-refractivity contribution in [1.82, 2.24) is 5.32 Å². The lowest BCUT2D eigenvalue weighted by atomic mass is 10.1. The molecule has 3 nitrogen and oxygen atoms in total. The van der Waals surface area contributed by atoms with E-state index in [4.69, 9.17) is 5.73 Å². The van der Waals surface area contributed by atoms with E-state index in [1.54, 1.807) is 0 Å². The third kappa shape index (κ3) is 4.45. The maximum absolute atomic E-state index is 11.6. The molecule has 0 bridgehead atoms. The SMILES string of the molecule is CC(C)C(N)CNC(=O)Cc1ccccc1. The Morgan fingerprint density at radius 3 is 2.50 bits per heavy atom. The Bertz CT molecular complexity index is 322. The lowest BCUT2D eigenvalue weighted by Gasteiger charge is -2.16. The number of nitrogens with one attached hydrogen (secondary N) is 1. The van der Waals surface area contributed by atoms with E-state index >= 15 is 0 Å². The molecular formula is C13H20N2O. The van der Waals surface area contributed by atoms with E-state index in [0.29, 0.717) is 18.9 Å². The molecule has 0 aliphatic rings. The summed E-state index contributed by atoms with van der Waals surface area (Å²) in [5, 5.41) is 2.85. The summed E-state index contributed by atoms with van der Waals surface area (Å²) < 4.78 is 0. The third-order valence-electron chi connectivity index (χ3n) is 2.60. The van der Waals surface area contributed by atoms with Crippen LogP contribution in [0, 0.1) is 5.92 Å². The highest BCUT2D eigenvalue weighted by Gasteiger charge is 2.09. The summed E-state index contributed by atoms with van der Waals surface area (Å²) in [5.41, 5.74) is 6.87. The highest BCUT2D eigenvalue weighted by Crippen LogP contribution is 2.00. The van der Waals surface area contributed by atoms with Gasteiger partial charge in [0.15, 0.2) is 0 Å². The maximum atomic E-state index is 11.6. The van der Waals surface area contributed by atoms with Crippen molar-refractivity contribution in [3.05, 3.63) is 35.9 Å². The summed E-state index contributed by atoms with van der Waals surface area (Å²) >= 11 is 0. The number of carbonyl (C=O) groups is 1. The molecule has 0 saturated carbocycles. The first-order chi connectivity index (χ1) is 7.59. The van der Waals surface area contributed by atoms with Crippen LogP contribution < -0.4 is 11.1 Å². The average molecular weight is 220 g/mol. The molecule has 0 radical (unpaired) electrons. The van der Waals surface area contributed by atoms with Crippen LogP contribution in [0.25, 0.3) is 0 Å². The summed E-state index contributed by atoms with van der Waals surface area (Å²) in [6.45, 7) is 4.64. The van der Waals surface area contributed by atoms with Crippen LogP contribution in [0.4, 0.5) is 0 Å². The van der Waals surface area contributed by atoms with Crippen molar-refractivity contribution in [3.8, 4) is 0 Å². The Labute approximate surface area is 97.0 Å². The molecule has 0 heterocycles. The van der Waals surface area contributed by atoms with Gasteiger partial charge in [0.1, 0.15) is 0 Å². The van der Waals surface area contributed by atoms with Gasteiger partial charge in [-0.1, -0.05) is 44.2 Å². The Balaban J connectivity index is 2.32. The molecule has 0 spiro atoms. The van der Waals surface area contributed by atoms with E-state index in [-0.39, 0.29) is 11.9 Å². The topological polar surface area (TPSA) is 55.1 Å². The van der Waals surface area contributed by atoms with Gasteiger partial charge >= 0.3 is 0 Å². The average Bonchev–Trinajstić information content (AvgIpc) is 2.27. The van der Waals surface area contributed by atoms with Crippen LogP contribution >= 0.6 is 0 Å². The summed E-state index contributed by atoms with van der Waals surface area (Å²) in [6.07, 6.45) is 0.422. The van der Waals surface area contributed by atoms with Gasteiger partial charge in [-0.05, 0) is 11.5 Å². The molecule has 1 aromatic rings. The van der Waals surface area contributed by atoms with Crippen LogP contribution in [0.1, 0.15) is 19.4 Å². The molecule has 88 valence electrons. The zero-order valence-corrected chi connectivity index (χ0v) is 9.94. The van der Waals surface area contributed by atoms with E-state index in [9.17, 15) is 4.79 Å². The van der Waals surface area contributed by atoms with Gasteiger partial charge in [0.25, 0.3) is 0 Å². The second kappa shape index (κ2) is 6.28. The predicted molar refractivity (Wildman–Crippen MR) is 66.0 cm³/mol. The number of nitrogens with two attached hydrogens (primary N) is 1. The summed E-state index contributed by atoms with van der Waals surface area (Å²) in [4.78, 5) is 11.6. The first kappa shape index (κ1) is 12.7. The fourth-order valence-corrected chi connectivity index (χ4v) is 1.31. The molecule has 3 heteroatoms. The van der Waals surface area contributed by atoms with Crippen molar-refractivity contribution in [2.45, 2.75) is 26.3 Å². The zero-order valence-electron chi connectivity index (χ0n) is 9.94. The number of amides is 1. The molecule has 0 aromatic heterocycles. The monoisotopic (exact) mass is 220 g/mol. The molecule has 0 aliphatic heterocycles. The molecule has 1 atom stereocenters. The van der Waals surface area contributed by atoms with Gasteiger partial charge in [0, 0.05) is 12.6 Å². The molecule has 3 N–H and O–H groups in total. The minimum Gasteiger partial charge on any atom is -0.354 e. The van der Waals surface area contributed by atoms with Crippen LogP contribution in [0.2, 0.25) is 0 Å². The lowest BCUT2D eigenvalue weighted by Crippen LogP contribution is -2.40. The quantitative estimate of drug-likeness (QED) is 0.786. The van der Waals surface area contributed by atoms with Crippen LogP contribution in [0.3, 0.4) is 0 Å². The molecule has 1 rings (SSSR count). The van der Waals surface area contributed by atoms with Gasteiger partial charge in [0.2, 0.25) is 5.91 Å². The second-order valence-electron chi connectivity index (χ2n) is 4.37. The van der Waals surface area contributed by atoms with Crippen LogP contribution in [0.15, 0.2) is 30.3 Å². The zero-order chi connectivity index (χ0) is 12.0. The molecule has 0 fully saturated rings. The lowest BCUT2D eigenvalue weighted by molar-refractivity contribution is -0.120. The van der Waals surface area contributed by atoms with E-state index in [1.165, 1.54) is 0 Å². The van der Waals surface area contributed by atoms with Gasteiger partial charge in [0.05, 0.1) is 6.42 Å². The normalized spacial score (nSPS) is 12.5. The number of hydrogen-bond acceptors (Lipinski definition) is 2. The Kier molecular flexibility index (Phi) is 4.99. The van der Waals surface area contributed by atoms with Crippen molar-refractivity contribution in [2.75, 3.05) is 6.54 Å². The fraction of sp³-hybridized carbons (Fsp3) is 0.462. The third-order valence-corrected chi connectivity index (χ3v) is 2.60. The van der Waals surface area contributed by atoms with E-state index in [1.807, 2.05) is 44.2 Å². The van der Waals surface area contributed by atoms with Crippen molar-refractivity contribution < 1.29 is 4.79 Å². The van der Waals surface area contributed by atoms with Crippen LogP contribution in [0.5, 0.6) is 0 Å². The van der Waals surface area contributed by atoms with E-state index in [0.717, 1.165) is 5.56 Å². The van der Waals surface area contributed by atoms with Gasteiger partial charge < -0.3 is 11.1 Å². The van der Waals surface area contributed by atoms with Gasteiger partial charge in [-0.3, -0.25) is 4.79 Å². The second-order valence-corrected chi connectivity index (χ2v) is 4.37. The number of benzene rings is 1. The molecule has 1 unspecified atom stereocenters. The van der Waals surface area contributed by atoms with Crippen molar-refractivity contribution in [3.63, 3.8) is 0 Å². The maximum Gasteiger partial charge on any atom is 0.224 e. The Morgan fingerprint density at radius 1 is 1.31 bits per heavy atom. The standard InChI is InChI=1S/C13H20N2O/c1-10(2)12(14)9-15-13(16)8-11-6-4-3-5-7-11/h3-7,10,12H,8-9,14H2,1-2H3,(H,15,16). The molecular weight excluding hydrogens is 200 g/mol. The first-order valence-electron chi connectivity index (χ1n) is 5.66. The van der Waals surface area contributed by atoms with E-state index < -0.39 is 0 Å². The molecule has 1 amide bonds. The molecule has 16 heavy (non-hydrogen) atoms. The number of rotatable bonds is 5. The Hall–Kier alpha value is -1.35. The predicted octanol–water partition coefficient (Wildman–Crippen LogP) is 1.33. The molecule has 0 aliphatic carbocycles. The molecule has 1 aromatic carbocycles. The van der Waals surface area contributed by atoms with E-state index in [2.05, 4.69) is 5.32 Å². The molecule has 0 saturated heterocycles. The fourth-order valence-electron chi connectivity index (χ4n) is 1.31. The highest BCUT2D eigenvalue weighted by molar-refractivity contribution is 5.78. The van der Waals surface area contributed by atoms with Crippen LogP contribution in [-0.2, 0) is 11.2 Å². The van der Waals surface area contributed by atoms with Gasteiger partial charge in [-0.15, -0.1) is 0 Å². The van der Waals surface area contributed by atoms with Crippen LogP contribution in [-0.4, -0.2) is 18.5 Å². The summed E-state index contributed by atoms with van der Waals surface area (Å²) in [7, 11) is 0. The summed E-state index contributed by atoms with van der Waals surface area (Å²) in [5.74, 6) is 0.416. The van der Waals surface area contributed by atoms with Crippen molar-refractivity contribution in [2.24, 2.45) is 11.7 Å². The number of carbonyl (C=O) groups excluding carboxylic acids is 1. The smallest absolute Gasteiger partial charge is 0.224 e. The van der Waals surface area contributed by atoms with Gasteiger partial charge in [-0.2, -0.15) is 0 Å². The largest absolute Gasteiger partial charge is 0.354 e. The first-order valence-corrected chi connectivity index (χ1v) is 5.66. The minimum absolute atomic E-state index is 0.0275. The number of hydrogen-bond donors (Lipinski definition) is 2. The minimum atomic E-state index is 0.0275. The summed E-state index contributed by atoms with van der Waals surface area (Å²) in [6, 6.07) is 9.73. The highest BCUT2D eigenvalue weighted by atomic mass is 16.1. The van der Waals surface area contributed by atoms with Crippen molar-refractivity contribution >= 4 is 5.91 Å². The van der Waals surface area contributed by atoms with Gasteiger partial charge in [-0.25, -0.2) is 0 Å².